The molecule has 0 saturated heterocycles. The molecule has 4 aromatic carbocycles. The molecule has 0 unspecified atom stereocenters. The summed E-state index contributed by atoms with van der Waals surface area (Å²) in [5.41, 5.74) is 3.96. The van der Waals surface area contributed by atoms with Gasteiger partial charge in [0, 0.05) is 50.3 Å². The van der Waals surface area contributed by atoms with Crippen molar-refractivity contribution in [2.45, 2.75) is 69.2 Å². The van der Waals surface area contributed by atoms with E-state index in [1.165, 1.54) is 7.11 Å². The number of rotatable bonds is 17. The average Bonchev–Trinajstić information content (AvgIpc) is 3.26. The first kappa shape index (κ1) is 41.7. The molecule has 310 valence electrons. The Bertz CT molecular complexity index is 2170. The third-order valence-electron chi connectivity index (χ3n) is 12.1. The zero-order valence-corrected chi connectivity index (χ0v) is 33.9. The van der Waals surface area contributed by atoms with Crippen molar-refractivity contribution in [1.82, 2.24) is 10.2 Å². The van der Waals surface area contributed by atoms with Gasteiger partial charge in [-0.3, -0.25) is 4.79 Å². The van der Waals surface area contributed by atoms with E-state index in [0.717, 1.165) is 53.2 Å². The second kappa shape index (κ2) is 19.1. The van der Waals surface area contributed by atoms with Crippen molar-refractivity contribution >= 4 is 28.5 Å². The number of ether oxygens (including phenoxy) is 3. The van der Waals surface area contributed by atoms with Crippen molar-refractivity contribution in [2.24, 2.45) is 22.9 Å². The average molecular weight is 802 g/mol. The molecule has 6 atom stereocenters. The van der Waals surface area contributed by atoms with E-state index in [2.05, 4.69) is 23.1 Å². The number of unbranched alkanes of at least 4 members (excludes halogenated alkanes) is 2. The SMILES string of the molecule is C=CCO[C@@]12Oc3ccc(OC(=O)NCc4ccccc4)cc3[C@H]3[C@H](CCCCO)[C@@H](CCCCO)C=C(C(=NOC)C[C@@H]1N(C)C(=O)c1ccc4ccccc4c1)[C@H]32. The van der Waals surface area contributed by atoms with Crippen LogP contribution < -0.4 is 14.8 Å². The minimum Gasteiger partial charge on any atom is -0.459 e. The summed E-state index contributed by atoms with van der Waals surface area (Å²) >= 11 is 0. The molecule has 3 aliphatic rings. The first-order valence-electron chi connectivity index (χ1n) is 20.7. The van der Waals surface area contributed by atoms with Crippen molar-refractivity contribution in [3.8, 4) is 11.5 Å². The molecule has 2 amide bonds. The molecule has 3 N–H and O–H groups in total. The number of carbonyl (C=O) groups excluding carboxylic acids is 2. The summed E-state index contributed by atoms with van der Waals surface area (Å²) in [6, 6.07) is 28.1. The van der Waals surface area contributed by atoms with Crippen LogP contribution in [0.4, 0.5) is 4.79 Å². The van der Waals surface area contributed by atoms with Crippen LogP contribution in [0.5, 0.6) is 11.5 Å². The van der Waals surface area contributed by atoms with Crippen LogP contribution in [0.1, 0.15) is 72.3 Å². The summed E-state index contributed by atoms with van der Waals surface area (Å²) in [5.74, 6) is -1.31. The van der Waals surface area contributed by atoms with Gasteiger partial charge in [-0.2, -0.15) is 0 Å². The predicted octanol–water partition coefficient (Wildman–Crippen LogP) is 8.16. The maximum absolute atomic E-state index is 14.7. The van der Waals surface area contributed by atoms with Gasteiger partial charge in [-0.15, -0.1) is 6.58 Å². The number of aliphatic hydroxyl groups is 2. The van der Waals surface area contributed by atoms with Crippen LogP contribution in [-0.2, 0) is 16.1 Å². The van der Waals surface area contributed by atoms with Gasteiger partial charge in [0.2, 0.25) is 5.79 Å². The summed E-state index contributed by atoms with van der Waals surface area (Å²) in [6.45, 7) is 4.63. The number of nitrogens with one attached hydrogen (secondary N) is 1. The maximum Gasteiger partial charge on any atom is 0.412 e. The predicted molar refractivity (Wildman–Crippen MR) is 227 cm³/mol. The lowest BCUT2D eigenvalue weighted by Crippen LogP contribution is -2.69. The van der Waals surface area contributed by atoms with Crippen molar-refractivity contribution in [3.63, 3.8) is 0 Å². The van der Waals surface area contributed by atoms with E-state index in [1.54, 1.807) is 24.1 Å². The number of oxime groups is 1. The lowest BCUT2D eigenvalue weighted by Gasteiger charge is -2.59. The summed E-state index contributed by atoms with van der Waals surface area (Å²) in [4.78, 5) is 35.1. The molecule has 0 spiro atoms. The van der Waals surface area contributed by atoms with E-state index in [4.69, 9.17) is 19.0 Å². The summed E-state index contributed by atoms with van der Waals surface area (Å²) < 4.78 is 20.1. The molecule has 0 aromatic heterocycles. The van der Waals surface area contributed by atoms with Gasteiger partial charge < -0.3 is 39.5 Å². The number of nitrogens with zero attached hydrogens (tertiary/aromatic N) is 2. The molecular weight excluding hydrogens is 747 g/mol. The van der Waals surface area contributed by atoms with Crippen LogP contribution in [0.15, 0.2) is 120 Å². The number of likely N-dealkylation sites (N-methyl/N-ethyl adjacent to an activating group) is 1. The Morgan fingerprint density at radius 2 is 1.69 bits per heavy atom. The highest BCUT2D eigenvalue weighted by molar-refractivity contribution is 6.04. The van der Waals surface area contributed by atoms with Gasteiger partial charge in [0.25, 0.3) is 5.91 Å². The molecule has 0 radical (unpaired) electrons. The number of carbonyl (C=O) groups is 2. The topological polar surface area (TPSA) is 139 Å². The second-order valence-electron chi connectivity index (χ2n) is 15.7. The molecule has 7 rings (SSSR count). The van der Waals surface area contributed by atoms with Crippen molar-refractivity contribution in [3.05, 3.63) is 132 Å². The van der Waals surface area contributed by atoms with Gasteiger partial charge in [0.05, 0.1) is 18.2 Å². The Morgan fingerprint density at radius 1 is 0.949 bits per heavy atom. The van der Waals surface area contributed by atoms with Crippen LogP contribution in [0, 0.1) is 17.8 Å². The Hall–Kier alpha value is -5.49. The van der Waals surface area contributed by atoms with Gasteiger partial charge in [0.1, 0.15) is 24.7 Å². The fourth-order valence-corrected chi connectivity index (χ4v) is 9.48. The van der Waals surface area contributed by atoms with Crippen LogP contribution in [-0.4, -0.2) is 78.6 Å². The second-order valence-corrected chi connectivity index (χ2v) is 15.7. The lowest BCUT2D eigenvalue weighted by atomic mass is 9.55. The molecule has 11 nitrogen and oxygen atoms in total. The zero-order chi connectivity index (χ0) is 41.4. The lowest BCUT2D eigenvalue weighted by molar-refractivity contribution is -0.252. The number of amides is 2. The van der Waals surface area contributed by atoms with E-state index in [9.17, 15) is 19.8 Å². The smallest absolute Gasteiger partial charge is 0.412 e. The molecule has 1 fully saturated rings. The van der Waals surface area contributed by atoms with Crippen molar-refractivity contribution < 1.29 is 38.9 Å². The van der Waals surface area contributed by atoms with Gasteiger partial charge in [-0.25, -0.2) is 4.79 Å². The third-order valence-corrected chi connectivity index (χ3v) is 12.1. The molecule has 59 heavy (non-hydrogen) atoms. The molecule has 1 heterocycles. The van der Waals surface area contributed by atoms with E-state index in [1.807, 2.05) is 84.9 Å². The Kier molecular flexibility index (Phi) is 13.5. The molecule has 1 aliphatic heterocycles. The zero-order valence-electron chi connectivity index (χ0n) is 33.9. The minimum atomic E-state index is -1.40. The number of allylic oxidation sites excluding steroid dienone is 1. The van der Waals surface area contributed by atoms with E-state index < -0.39 is 23.8 Å². The monoisotopic (exact) mass is 801 g/mol. The van der Waals surface area contributed by atoms with Crippen molar-refractivity contribution in [1.29, 1.82) is 0 Å². The van der Waals surface area contributed by atoms with E-state index in [-0.39, 0.29) is 49.9 Å². The third kappa shape index (κ3) is 8.78. The molecule has 0 bridgehead atoms. The minimum absolute atomic E-state index is 0.0227. The number of benzene rings is 4. The Labute approximate surface area is 346 Å². The molecule has 1 saturated carbocycles. The quantitative estimate of drug-likeness (QED) is 0.0553. The Morgan fingerprint density at radius 3 is 2.44 bits per heavy atom. The maximum atomic E-state index is 14.7. The van der Waals surface area contributed by atoms with E-state index >= 15 is 0 Å². The van der Waals surface area contributed by atoms with Gasteiger partial charge in [-0.05, 0) is 89.8 Å². The van der Waals surface area contributed by atoms with Crippen molar-refractivity contribution in [2.75, 3.05) is 34.0 Å². The highest BCUT2D eigenvalue weighted by atomic mass is 16.7. The Balaban J connectivity index is 1.35. The van der Waals surface area contributed by atoms with E-state index in [0.29, 0.717) is 42.2 Å². The van der Waals surface area contributed by atoms with Crippen LogP contribution in [0.25, 0.3) is 10.8 Å². The highest BCUT2D eigenvalue weighted by Crippen LogP contribution is 2.61. The van der Waals surface area contributed by atoms with Gasteiger partial charge >= 0.3 is 6.09 Å². The van der Waals surface area contributed by atoms with Gasteiger partial charge in [-0.1, -0.05) is 90.8 Å². The molecule has 11 heteroatoms. The van der Waals surface area contributed by atoms with Crippen LogP contribution in [0.3, 0.4) is 0 Å². The summed E-state index contributed by atoms with van der Waals surface area (Å²) in [7, 11) is 3.32. The van der Waals surface area contributed by atoms with Gasteiger partial charge in [0.15, 0.2) is 0 Å². The summed E-state index contributed by atoms with van der Waals surface area (Å²) in [6.07, 6.45) is 8.18. The number of hydrogen-bond donors (Lipinski definition) is 3. The van der Waals surface area contributed by atoms with Crippen LogP contribution >= 0.6 is 0 Å². The summed E-state index contributed by atoms with van der Waals surface area (Å²) in [5, 5.41) is 29.2. The first-order valence-corrected chi connectivity index (χ1v) is 20.7. The first-order chi connectivity index (χ1) is 28.8. The number of fused-ring (bicyclic) bond motifs is 3. The highest BCUT2D eigenvalue weighted by Gasteiger charge is 2.65. The number of hydrogen-bond acceptors (Lipinski definition) is 9. The molecule has 2 aliphatic carbocycles. The normalized spacial score (nSPS) is 23.6. The largest absolute Gasteiger partial charge is 0.459 e. The van der Waals surface area contributed by atoms with Crippen LogP contribution in [0.2, 0.25) is 0 Å². The standard InChI is InChI=1S/C48H55N3O8/c1-4-26-57-48-43(51(2)46(54)36-21-20-33-16-8-9-17-34(33)27-36)30-41(50-56-3)39-28-35(18-10-12-24-52)38(19-11-13-25-53)44(45(39)48)40-29-37(22-23-42(40)59-48)58-47(55)49-31-32-14-6-5-7-15-32/h4-9,14-17,20-23,27-29,35,38,43-45,52-53H,1,10-13,18-19,24-26,30-31H2,2-3H3,(H,49,55)/t35-,38+,43-,44+,45+,48+/m0/s1. The number of aliphatic hydroxyl groups excluding tert-OH is 2. The molecular formula is C48H55N3O8. The molecule has 4 aromatic rings. The fraction of sp³-hybridized carbons (Fsp3) is 0.396. The fourth-order valence-electron chi connectivity index (χ4n) is 9.48.